The Bertz CT molecular complexity index is 1470. The number of carbonyl (C=O) groups is 1. The summed E-state index contributed by atoms with van der Waals surface area (Å²) in [6.45, 7) is 0.320. The maximum absolute atomic E-state index is 13.1. The number of nitrogens with one attached hydrogen (secondary N) is 2. The van der Waals surface area contributed by atoms with Crippen molar-refractivity contribution in [1.82, 2.24) is 9.29 Å². The van der Waals surface area contributed by atoms with E-state index in [1.54, 1.807) is 30.3 Å². The molecule has 1 aromatic heterocycles. The molecule has 4 rings (SSSR count). The van der Waals surface area contributed by atoms with Crippen LogP contribution < -0.4 is 10.0 Å². The average Bonchev–Trinajstić information content (AvgIpc) is 2.87. The van der Waals surface area contributed by atoms with Crippen molar-refractivity contribution in [3.8, 4) is 0 Å². The Morgan fingerprint density at radius 3 is 2.32 bits per heavy atom. The monoisotopic (exact) mass is 582 g/mol. The van der Waals surface area contributed by atoms with Gasteiger partial charge in [0.05, 0.1) is 16.6 Å². The molecule has 1 fully saturated rings. The van der Waals surface area contributed by atoms with Gasteiger partial charge in [-0.15, -0.1) is 0 Å². The molecule has 37 heavy (non-hydrogen) atoms. The number of sulfonamides is 2. The first-order valence-corrected chi connectivity index (χ1v) is 15.2. The lowest BCUT2D eigenvalue weighted by atomic mass is 9.99. The zero-order chi connectivity index (χ0) is 26.6. The van der Waals surface area contributed by atoms with E-state index in [4.69, 9.17) is 23.2 Å². The van der Waals surface area contributed by atoms with E-state index < -0.39 is 26.0 Å². The van der Waals surface area contributed by atoms with E-state index in [1.165, 1.54) is 40.8 Å². The van der Waals surface area contributed by atoms with Gasteiger partial charge in [-0.1, -0.05) is 35.3 Å². The molecule has 0 saturated carbocycles. The van der Waals surface area contributed by atoms with Crippen molar-refractivity contribution < 1.29 is 21.6 Å². The minimum absolute atomic E-state index is 0.00400. The number of rotatable bonds is 8. The SMILES string of the molecule is O=C(Nc1ccc(S(=O)(=O)Nc2ccccn2)cc1)C1CCCN(S(=O)(=O)Cc2c(Cl)cccc2Cl)C1. The number of pyridine rings is 1. The van der Waals surface area contributed by atoms with Gasteiger partial charge < -0.3 is 5.32 Å². The lowest BCUT2D eigenvalue weighted by Gasteiger charge is -2.31. The second kappa shape index (κ2) is 11.4. The van der Waals surface area contributed by atoms with E-state index in [1.807, 2.05) is 0 Å². The minimum Gasteiger partial charge on any atom is -0.326 e. The maximum atomic E-state index is 13.1. The molecule has 1 aliphatic rings. The van der Waals surface area contributed by atoms with E-state index in [0.717, 1.165) is 0 Å². The van der Waals surface area contributed by atoms with Gasteiger partial charge in [-0.3, -0.25) is 9.52 Å². The molecule has 1 saturated heterocycles. The molecular weight excluding hydrogens is 559 g/mol. The number of benzene rings is 2. The molecule has 2 aromatic carbocycles. The first-order valence-electron chi connectivity index (χ1n) is 11.3. The van der Waals surface area contributed by atoms with E-state index in [2.05, 4.69) is 15.0 Å². The predicted octanol–water partition coefficient (Wildman–Crippen LogP) is 4.37. The molecule has 1 unspecified atom stereocenters. The number of halogens is 2. The fourth-order valence-corrected chi connectivity index (χ4v) is 7.31. The number of hydrogen-bond donors (Lipinski definition) is 2. The summed E-state index contributed by atoms with van der Waals surface area (Å²) in [5.74, 6) is -1.09. The molecule has 1 atom stereocenters. The number of piperidine rings is 1. The van der Waals surface area contributed by atoms with Crippen LogP contribution in [0.15, 0.2) is 71.8 Å². The summed E-state index contributed by atoms with van der Waals surface area (Å²) >= 11 is 12.3. The molecule has 0 aliphatic carbocycles. The third kappa shape index (κ3) is 6.79. The number of anilines is 2. The van der Waals surface area contributed by atoms with Crippen LogP contribution in [-0.2, 0) is 30.6 Å². The molecule has 1 amide bonds. The third-order valence-electron chi connectivity index (χ3n) is 5.87. The van der Waals surface area contributed by atoms with Gasteiger partial charge >= 0.3 is 0 Å². The van der Waals surface area contributed by atoms with Gasteiger partial charge in [0.15, 0.2) is 0 Å². The summed E-state index contributed by atoms with van der Waals surface area (Å²) < 4.78 is 54.9. The Kier molecular flexibility index (Phi) is 8.39. The Hall–Kier alpha value is -2.70. The Morgan fingerprint density at radius 2 is 1.68 bits per heavy atom. The van der Waals surface area contributed by atoms with Crippen molar-refractivity contribution in [2.24, 2.45) is 5.92 Å². The Labute approximate surface area is 225 Å². The molecule has 2 N–H and O–H groups in total. The summed E-state index contributed by atoms with van der Waals surface area (Å²) in [4.78, 5) is 16.9. The van der Waals surface area contributed by atoms with Gasteiger partial charge in [0.25, 0.3) is 10.0 Å². The summed E-state index contributed by atoms with van der Waals surface area (Å²) in [6, 6.07) is 15.3. The van der Waals surface area contributed by atoms with Crippen LogP contribution in [0.3, 0.4) is 0 Å². The fraction of sp³-hybridized carbons (Fsp3) is 0.250. The van der Waals surface area contributed by atoms with Crippen LogP contribution in [0, 0.1) is 5.92 Å². The van der Waals surface area contributed by atoms with Gasteiger partial charge in [-0.05, 0) is 61.4 Å². The van der Waals surface area contributed by atoms with Gasteiger partial charge in [0.2, 0.25) is 15.9 Å². The van der Waals surface area contributed by atoms with Crippen LogP contribution >= 0.6 is 23.2 Å². The molecule has 2 heterocycles. The van der Waals surface area contributed by atoms with Crippen LogP contribution in [0.25, 0.3) is 0 Å². The van der Waals surface area contributed by atoms with Crippen molar-refractivity contribution in [2.75, 3.05) is 23.1 Å². The lowest BCUT2D eigenvalue weighted by Crippen LogP contribution is -2.44. The van der Waals surface area contributed by atoms with Crippen molar-refractivity contribution in [3.63, 3.8) is 0 Å². The van der Waals surface area contributed by atoms with Gasteiger partial charge in [0.1, 0.15) is 5.82 Å². The summed E-state index contributed by atoms with van der Waals surface area (Å²) in [5, 5.41) is 3.28. The Morgan fingerprint density at radius 1 is 0.973 bits per heavy atom. The smallest absolute Gasteiger partial charge is 0.263 e. The van der Waals surface area contributed by atoms with Crippen molar-refractivity contribution >= 4 is 60.7 Å². The Balaban J connectivity index is 1.39. The zero-order valence-electron chi connectivity index (χ0n) is 19.5. The molecule has 0 spiro atoms. The highest BCUT2D eigenvalue weighted by atomic mass is 35.5. The van der Waals surface area contributed by atoms with Gasteiger partial charge in [-0.25, -0.2) is 26.1 Å². The highest BCUT2D eigenvalue weighted by Crippen LogP contribution is 2.29. The molecule has 0 bridgehead atoms. The lowest BCUT2D eigenvalue weighted by molar-refractivity contribution is -0.120. The molecule has 0 radical (unpaired) electrons. The quantitative estimate of drug-likeness (QED) is 0.406. The van der Waals surface area contributed by atoms with E-state index in [9.17, 15) is 21.6 Å². The first-order chi connectivity index (χ1) is 17.5. The largest absolute Gasteiger partial charge is 0.326 e. The normalized spacial score (nSPS) is 16.8. The molecule has 196 valence electrons. The van der Waals surface area contributed by atoms with Crippen molar-refractivity contribution in [3.05, 3.63) is 82.5 Å². The number of hydrogen-bond acceptors (Lipinski definition) is 6. The molecule has 1 aliphatic heterocycles. The van der Waals surface area contributed by atoms with Crippen molar-refractivity contribution in [1.29, 1.82) is 0 Å². The van der Waals surface area contributed by atoms with E-state index in [0.29, 0.717) is 30.6 Å². The number of amides is 1. The van der Waals surface area contributed by atoms with Crippen LogP contribution in [-0.4, -0.2) is 45.1 Å². The number of aromatic nitrogens is 1. The van der Waals surface area contributed by atoms with Crippen molar-refractivity contribution in [2.45, 2.75) is 23.5 Å². The van der Waals surface area contributed by atoms with Crippen LogP contribution in [0.2, 0.25) is 10.0 Å². The predicted molar refractivity (Wildman–Crippen MR) is 143 cm³/mol. The molecule has 9 nitrogen and oxygen atoms in total. The third-order valence-corrected chi connectivity index (χ3v) is 9.72. The average molecular weight is 584 g/mol. The van der Waals surface area contributed by atoms with Crippen LogP contribution in [0.5, 0.6) is 0 Å². The van der Waals surface area contributed by atoms with E-state index in [-0.39, 0.29) is 39.0 Å². The zero-order valence-corrected chi connectivity index (χ0v) is 22.6. The van der Waals surface area contributed by atoms with Gasteiger partial charge in [-0.2, -0.15) is 0 Å². The molecule has 3 aromatic rings. The second-order valence-corrected chi connectivity index (χ2v) is 13.0. The summed E-state index contributed by atoms with van der Waals surface area (Å²) in [7, 11) is -7.61. The minimum atomic E-state index is -3.85. The first kappa shape index (κ1) is 27.3. The summed E-state index contributed by atoms with van der Waals surface area (Å²) in [5.41, 5.74) is 0.717. The standard InChI is InChI=1S/C24H24Cl2N4O5S2/c25-21-6-3-7-22(26)20(21)16-36(32,33)30-14-4-5-17(15-30)24(31)28-18-9-11-19(12-10-18)37(34,35)29-23-8-1-2-13-27-23/h1-3,6-13,17H,4-5,14-16H2,(H,27,29)(H,28,31). The number of nitrogens with zero attached hydrogens (tertiary/aromatic N) is 2. The fourth-order valence-electron chi connectivity index (χ4n) is 3.93. The molecular formula is C24H24Cl2N4O5S2. The van der Waals surface area contributed by atoms with Crippen LogP contribution in [0.4, 0.5) is 11.5 Å². The van der Waals surface area contributed by atoms with Gasteiger partial charge in [0, 0.05) is 40.6 Å². The topological polar surface area (TPSA) is 126 Å². The maximum Gasteiger partial charge on any atom is 0.263 e. The molecule has 13 heteroatoms. The van der Waals surface area contributed by atoms with Crippen LogP contribution in [0.1, 0.15) is 18.4 Å². The number of carbonyl (C=O) groups excluding carboxylic acids is 1. The highest BCUT2D eigenvalue weighted by molar-refractivity contribution is 7.92. The second-order valence-electron chi connectivity index (χ2n) is 8.49. The summed E-state index contributed by atoms with van der Waals surface area (Å²) in [6.07, 6.45) is 2.51. The highest BCUT2D eigenvalue weighted by Gasteiger charge is 2.33. The van der Waals surface area contributed by atoms with E-state index >= 15 is 0 Å².